The molecule has 0 fully saturated rings. The van der Waals surface area contributed by atoms with Gasteiger partial charge in [-0.1, -0.05) is 0 Å². The van der Waals surface area contributed by atoms with Crippen molar-refractivity contribution in [2.75, 3.05) is 7.11 Å². The molecule has 0 aliphatic heterocycles. The molecule has 1 rings (SSSR count). The van der Waals surface area contributed by atoms with Crippen molar-refractivity contribution in [3.05, 3.63) is 25.6 Å². The number of hydrogen-bond acceptors (Lipinski definition) is 4. The molecule has 1 heterocycles. The highest BCUT2D eigenvalue weighted by Crippen LogP contribution is 2.38. The highest BCUT2D eigenvalue weighted by atomic mass is 127. The molecule has 0 bridgehead atoms. The number of nitro groups is 1. The fourth-order valence-corrected chi connectivity index (χ4v) is 1.63. The zero-order chi connectivity index (χ0) is 11.6. The smallest absolute Gasteiger partial charge is 0.329 e. The molecule has 0 saturated carbocycles. The van der Waals surface area contributed by atoms with E-state index in [1.54, 1.807) is 22.6 Å². The molecule has 0 N–H and O–H groups in total. The van der Waals surface area contributed by atoms with Gasteiger partial charge in [-0.3, -0.25) is 10.1 Å². The van der Waals surface area contributed by atoms with Crippen molar-refractivity contribution in [2.45, 2.75) is 6.43 Å². The minimum atomic E-state index is -2.86. The van der Waals surface area contributed by atoms with Crippen molar-refractivity contribution in [3.8, 4) is 5.75 Å². The molecular formula is C7H5F2IN2O3. The van der Waals surface area contributed by atoms with E-state index in [0.29, 0.717) is 0 Å². The highest BCUT2D eigenvalue weighted by molar-refractivity contribution is 14.1. The van der Waals surface area contributed by atoms with Crippen molar-refractivity contribution in [2.24, 2.45) is 0 Å². The second-order valence-corrected chi connectivity index (χ2v) is 3.46. The third kappa shape index (κ3) is 2.30. The van der Waals surface area contributed by atoms with Crippen LogP contribution >= 0.6 is 22.6 Å². The summed E-state index contributed by atoms with van der Waals surface area (Å²) in [6.07, 6.45) is -1.97. The predicted octanol–water partition coefficient (Wildman–Crippen LogP) is 2.54. The maximum atomic E-state index is 12.6. The van der Waals surface area contributed by atoms with Crippen LogP contribution in [0.4, 0.5) is 14.5 Å². The summed E-state index contributed by atoms with van der Waals surface area (Å²) in [5, 5.41) is 10.5. The Morgan fingerprint density at radius 1 is 1.67 bits per heavy atom. The fourth-order valence-electron chi connectivity index (χ4n) is 1.01. The highest BCUT2D eigenvalue weighted by Gasteiger charge is 2.27. The lowest BCUT2D eigenvalue weighted by Crippen LogP contribution is -2.02. The van der Waals surface area contributed by atoms with E-state index in [1.807, 2.05) is 0 Å². The first kappa shape index (κ1) is 12.0. The third-order valence-corrected chi connectivity index (χ3v) is 2.48. The Labute approximate surface area is 96.7 Å². The van der Waals surface area contributed by atoms with Crippen LogP contribution < -0.4 is 4.74 Å². The summed E-state index contributed by atoms with van der Waals surface area (Å²) < 4.78 is 29.7. The second-order valence-electron chi connectivity index (χ2n) is 2.44. The average Bonchev–Trinajstić information content (AvgIpc) is 2.15. The van der Waals surface area contributed by atoms with E-state index in [2.05, 4.69) is 9.72 Å². The molecule has 0 amide bonds. The van der Waals surface area contributed by atoms with Gasteiger partial charge in [-0.15, -0.1) is 0 Å². The zero-order valence-electron chi connectivity index (χ0n) is 7.41. The molecule has 82 valence electrons. The molecule has 1 aromatic heterocycles. The SMILES string of the molecule is COc1c([N+](=O)[O-])cnc(I)c1C(F)F. The first-order valence-corrected chi connectivity index (χ1v) is 4.71. The number of pyridine rings is 1. The van der Waals surface area contributed by atoms with Crippen LogP contribution in [0.25, 0.3) is 0 Å². The van der Waals surface area contributed by atoms with Gasteiger partial charge in [0.2, 0.25) is 5.75 Å². The lowest BCUT2D eigenvalue weighted by molar-refractivity contribution is -0.386. The average molecular weight is 330 g/mol. The Kier molecular flexibility index (Phi) is 3.72. The van der Waals surface area contributed by atoms with Crippen LogP contribution in [0.2, 0.25) is 0 Å². The Hall–Kier alpha value is -1.06. The fraction of sp³-hybridized carbons (Fsp3) is 0.286. The second kappa shape index (κ2) is 4.64. The number of rotatable bonds is 3. The third-order valence-electron chi connectivity index (χ3n) is 1.62. The Morgan fingerprint density at radius 2 is 2.27 bits per heavy atom. The summed E-state index contributed by atoms with van der Waals surface area (Å²) in [5.41, 5.74) is -1.11. The van der Waals surface area contributed by atoms with E-state index in [1.165, 1.54) is 0 Å². The van der Waals surface area contributed by atoms with E-state index in [4.69, 9.17) is 0 Å². The minimum Gasteiger partial charge on any atom is -0.490 e. The molecule has 0 aliphatic carbocycles. The van der Waals surface area contributed by atoms with Crippen LogP contribution in [0.3, 0.4) is 0 Å². The number of nitrogens with zero attached hydrogens (tertiary/aromatic N) is 2. The van der Waals surface area contributed by atoms with Gasteiger partial charge in [0.05, 0.1) is 17.6 Å². The van der Waals surface area contributed by atoms with Gasteiger partial charge in [0.15, 0.2) is 0 Å². The van der Waals surface area contributed by atoms with E-state index in [-0.39, 0.29) is 3.70 Å². The number of halogens is 3. The maximum absolute atomic E-state index is 12.6. The maximum Gasteiger partial charge on any atom is 0.329 e. The molecule has 5 nitrogen and oxygen atoms in total. The Bertz CT molecular complexity index is 400. The van der Waals surface area contributed by atoms with Crippen molar-refractivity contribution >= 4 is 28.3 Å². The van der Waals surface area contributed by atoms with Crippen LogP contribution in [0.5, 0.6) is 5.75 Å². The number of aromatic nitrogens is 1. The molecular weight excluding hydrogens is 325 g/mol. The van der Waals surface area contributed by atoms with Gasteiger partial charge in [-0.25, -0.2) is 13.8 Å². The molecule has 0 atom stereocenters. The van der Waals surface area contributed by atoms with E-state index in [0.717, 1.165) is 13.3 Å². The monoisotopic (exact) mass is 330 g/mol. The molecule has 0 unspecified atom stereocenters. The summed E-state index contributed by atoms with van der Waals surface area (Å²) in [5.74, 6) is -0.436. The predicted molar refractivity (Wildman–Crippen MR) is 55.1 cm³/mol. The molecule has 0 spiro atoms. The van der Waals surface area contributed by atoms with Crippen LogP contribution in [0, 0.1) is 13.8 Å². The number of hydrogen-bond donors (Lipinski definition) is 0. The molecule has 1 aromatic rings. The van der Waals surface area contributed by atoms with E-state index >= 15 is 0 Å². The molecule has 0 aromatic carbocycles. The van der Waals surface area contributed by atoms with Crippen LogP contribution in [-0.4, -0.2) is 17.0 Å². The van der Waals surface area contributed by atoms with Crippen LogP contribution in [0.1, 0.15) is 12.0 Å². The van der Waals surface area contributed by atoms with Gasteiger partial charge in [0.1, 0.15) is 9.90 Å². The van der Waals surface area contributed by atoms with Gasteiger partial charge in [0.25, 0.3) is 6.43 Å². The topological polar surface area (TPSA) is 65.3 Å². The summed E-state index contributed by atoms with van der Waals surface area (Å²) in [4.78, 5) is 13.2. The van der Waals surface area contributed by atoms with Gasteiger partial charge >= 0.3 is 5.69 Å². The van der Waals surface area contributed by atoms with Gasteiger partial charge in [0, 0.05) is 0 Å². The van der Waals surface area contributed by atoms with Crippen molar-refractivity contribution in [1.29, 1.82) is 0 Å². The Morgan fingerprint density at radius 3 is 2.67 bits per heavy atom. The summed E-state index contributed by atoms with van der Waals surface area (Å²) in [6.45, 7) is 0. The lowest BCUT2D eigenvalue weighted by atomic mass is 10.2. The van der Waals surface area contributed by atoms with E-state index < -0.39 is 28.3 Å². The van der Waals surface area contributed by atoms with E-state index in [9.17, 15) is 18.9 Å². The molecule has 0 aliphatic rings. The lowest BCUT2D eigenvalue weighted by Gasteiger charge is -2.08. The molecule has 0 radical (unpaired) electrons. The zero-order valence-corrected chi connectivity index (χ0v) is 9.57. The van der Waals surface area contributed by atoms with Gasteiger partial charge in [-0.05, 0) is 22.6 Å². The van der Waals surface area contributed by atoms with Crippen LogP contribution in [-0.2, 0) is 0 Å². The summed E-state index contributed by atoms with van der Waals surface area (Å²) >= 11 is 1.57. The van der Waals surface area contributed by atoms with Gasteiger partial charge in [-0.2, -0.15) is 0 Å². The van der Waals surface area contributed by atoms with Crippen molar-refractivity contribution in [1.82, 2.24) is 4.98 Å². The van der Waals surface area contributed by atoms with Gasteiger partial charge < -0.3 is 4.74 Å². The molecule has 8 heteroatoms. The largest absolute Gasteiger partial charge is 0.490 e. The quantitative estimate of drug-likeness (QED) is 0.370. The number of alkyl halides is 2. The van der Waals surface area contributed by atoms with Crippen molar-refractivity contribution < 1.29 is 18.4 Å². The minimum absolute atomic E-state index is 0.00921. The number of ether oxygens (including phenoxy) is 1. The van der Waals surface area contributed by atoms with Crippen LogP contribution in [0.15, 0.2) is 6.20 Å². The summed E-state index contributed by atoms with van der Waals surface area (Å²) in [6, 6.07) is 0. The summed E-state index contributed by atoms with van der Waals surface area (Å²) in [7, 11) is 1.10. The first-order chi connectivity index (χ1) is 6.99. The molecule has 0 saturated heterocycles. The number of methoxy groups -OCH3 is 1. The van der Waals surface area contributed by atoms with Crippen molar-refractivity contribution in [3.63, 3.8) is 0 Å². The first-order valence-electron chi connectivity index (χ1n) is 3.64. The normalized spacial score (nSPS) is 10.5. The molecule has 15 heavy (non-hydrogen) atoms. The Balaban J connectivity index is 3.47. The standard InChI is InChI=1S/C7H5F2IN2O3/c1-15-5-3(12(13)14)2-11-7(10)4(5)6(8)9/h2,6H,1H3.